The maximum absolute atomic E-state index is 9.10. The van der Waals surface area contributed by atoms with Crippen LogP contribution in [0.5, 0.6) is 5.75 Å². The lowest BCUT2D eigenvalue weighted by Crippen LogP contribution is -2.47. The summed E-state index contributed by atoms with van der Waals surface area (Å²) in [5.41, 5.74) is 2.30. The minimum absolute atomic E-state index is 0.577. The van der Waals surface area contributed by atoms with Crippen LogP contribution in [0.4, 0.5) is 0 Å². The van der Waals surface area contributed by atoms with E-state index >= 15 is 0 Å². The molecular formula is C24H32N2O6. The highest BCUT2D eigenvalue weighted by atomic mass is 16.5. The summed E-state index contributed by atoms with van der Waals surface area (Å²) < 4.78 is 11.7. The van der Waals surface area contributed by atoms with Gasteiger partial charge in [0.2, 0.25) is 0 Å². The monoisotopic (exact) mass is 444 g/mol. The summed E-state index contributed by atoms with van der Waals surface area (Å²) >= 11 is 0. The lowest BCUT2D eigenvalue weighted by atomic mass is 10.1. The van der Waals surface area contributed by atoms with E-state index in [1.165, 1.54) is 18.7 Å². The van der Waals surface area contributed by atoms with E-state index in [2.05, 4.69) is 47.1 Å². The van der Waals surface area contributed by atoms with Crippen molar-refractivity contribution >= 4 is 11.9 Å². The van der Waals surface area contributed by atoms with Gasteiger partial charge in [0.1, 0.15) is 12.4 Å². The second kappa shape index (κ2) is 14.2. The number of aliphatic carboxylic acids is 2. The Morgan fingerprint density at radius 2 is 1.41 bits per heavy atom. The third-order valence-electron chi connectivity index (χ3n) is 5.10. The molecule has 1 heterocycles. The Morgan fingerprint density at radius 3 is 2.03 bits per heavy atom. The third kappa shape index (κ3) is 9.05. The smallest absolute Gasteiger partial charge is 0.414 e. The van der Waals surface area contributed by atoms with Crippen LogP contribution >= 0.6 is 0 Å². The number of para-hydroxylation sites is 1. The van der Waals surface area contributed by atoms with Gasteiger partial charge in [-0.05, 0) is 18.2 Å². The van der Waals surface area contributed by atoms with Crippen LogP contribution < -0.4 is 4.74 Å². The van der Waals surface area contributed by atoms with E-state index in [0.29, 0.717) is 13.2 Å². The summed E-state index contributed by atoms with van der Waals surface area (Å²) in [7, 11) is 0. The van der Waals surface area contributed by atoms with Crippen molar-refractivity contribution in [1.82, 2.24) is 9.80 Å². The van der Waals surface area contributed by atoms with Crippen molar-refractivity contribution < 1.29 is 29.3 Å². The van der Waals surface area contributed by atoms with Gasteiger partial charge < -0.3 is 24.6 Å². The minimum atomic E-state index is -1.82. The molecule has 1 aliphatic heterocycles. The lowest BCUT2D eigenvalue weighted by molar-refractivity contribution is -0.159. The van der Waals surface area contributed by atoms with Gasteiger partial charge >= 0.3 is 11.9 Å². The number of carboxylic acid groups (broad SMARTS) is 2. The number of nitrogens with zero attached hydrogens (tertiary/aromatic N) is 2. The minimum Gasteiger partial charge on any atom is -0.491 e. The van der Waals surface area contributed by atoms with E-state index < -0.39 is 11.9 Å². The van der Waals surface area contributed by atoms with Crippen LogP contribution in [0.2, 0.25) is 0 Å². The second-order valence-electron chi connectivity index (χ2n) is 7.21. The lowest BCUT2D eigenvalue weighted by Gasteiger charge is -2.33. The van der Waals surface area contributed by atoms with Crippen molar-refractivity contribution in [1.29, 1.82) is 0 Å². The summed E-state index contributed by atoms with van der Waals surface area (Å²) in [5, 5.41) is 14.8. The average molecular weight is 445 g/mol. The van der Waals surface area contributed by atoms with E-state index in [4.69, 9.17) is 29.3 Å². The maximum atomic E-state index is 9.10. The van der Waals surface area contributed by atoms with Crippen molar-refractivity contribution in [3.05, 3.63) is 54.6 Å². The first-order chi connectivity index (χ1) is 15.5. The summed E-state index contributed by atoms with van der Waals surface area (Å²) in [5.74, 6) is -2.73. The third-order valence-corrected chi connectivity index (χ3v) is 5.10. The molecule has 0 atom stereocenters. The van der Waals surface area contributed by atoms with Crippen LogP contribution in [0.25, 0.3) is 11.1 Å². The van der Waals surface area contributed by atoms with E-state index in [-0.39, 0.29) is 0 Å². The fourth-order valence-corrected chi connectivity index (χ4v) is 3.28. The standard InChI is InChI=1S/C22H30N2O2.C2H2O4/c1-2-23-12-14-24(15-13-23)16-17-25-18-19-26-22-11-7-6-10-21(22)20-8-4-3-5-9-20;3-1(4)2(5)6/h3-11H,2,12-19H2,1H3;(H,3,4)(H,5,6). The Labute approximate surface area is 189 Å². The molecule has 0 saturated carbocycles. The van der Waals surface area contributed by atoms with E-state index in [1.807, 2.05) is 24.3 Å². The predicted molar refractivity (Wildman–Crippen MR) is 122 cm³/mol. The Balaban J connectivity index is 0.000000534. The molecule has 0 spiro atoms. The number of rotatable bonds is 9. The van der Waals surface area contributed by atoms with Gasteiger partial charge in [0, 0.05) is 38.3 Å². The molecule has 1 fully saturated rings. The average Bonchev–Trinajstić information content (AvgIpc) is 2.83. The van der Waals surface area contributed by atoms with Gasteiger partial charge in [0.15, 0.2) is 0 Å². The number of piperazine rings is 1. The van der Waals surface area contributed by atoms with Gasteiger partial charge in [-0.3, -0.25) is 4.90 Å². The molecule has 8 heteroatoms. The van der Waals surface area contributed by atoms with Crippen LogP contribution in [0.15, 0.2) is 54.6 Å². The summed E-state index contributed by atoms with van der Waals surface area (Å²) in [6, 6.07) is 18.5. The molecule has 0 unspecified atom stereocenters. The Hall–Kier alpha value is -2.94. The highest BCUT2D eigenvalue weighted by Gasteiger charge is 2.14. The van der Waals surface area contributed by atoms with Crippen LogP contribution in [0.3, 0.4) is 0 Å². The molecular weight excluding hydrogens is 412 g/mol. The largest absolute Gasteiger partial charge is 0.491 e. The number of carboxylic acids is 2. The van der Waals surface area contributed by atoms with Gasteiger partial charge in [-0.25, -0.2) is 9.59 Å². The van der Waals surface area contributed by atoms with Crippen molar-refractivity contribution in [3.63, 3.8) is 0 Å². The molecule has 2 aromatic rings. The van der Waals surface area contributed by atoms with Gasteiger partial charge in [-0.2, -0.15) is 0 Å². The molecule has 174 valence electrons. The van der Waals surface area contributed by atoms with E-state index in [9.17, 15) is 0 Å². The van der Waals surface area contributed by atoms with Gasteiger partial charge in [0.05, 0.1) is 13.2 Å². The molecule has 0 aliphatic carbocycles. The highest BCUT2D eigenvalue weighted by molar-refractivity contribution is 6.27. The normalized spacial score (nSPS) is 14.3. The second-order valence-corrected chi connectivity index (χ2v) is 7.21. The molecule has 3 rings (SSSR count). The van der Waals surface area contributed by atoms with Gasteiger partial charge in [-0.15, -0.1) is 0 Å². The first kappa shape index (κ1) is 25.3. The fraction of sp³-hybridized carbons (Fsp3) is 0.417. The molecule has 0 amide bonds. The van der Waals surface area contributed by atoms with E-state index in [0.717, 1.165) is 44.1 Å². The summed E-state index contributed by atoms with van der Waals surface area (Å²) in [6.45, 7) is 11.0. The van der Waals surface area contributed by atoms with Crippen LogP contribution in [-0.2, 0) is 14.3 Å². The molecule has 32 heavy (non-hydrogen) atoms. The number of benzene rings is 2. The molecule has 1 aliphatic rings. The number of likely N-dealkylation sites (N-methyl/N-ethyl adjacent to an activating group) is 1. The maximum Gasteiger partial charge on any atom is 0.414 e. The molecule has 8 nitrogen and oxygen atoms in total. The molecule has 0 radical (unpaired) electrons. The quantitative estimate of drug-likeness (QED) is 0.450. The topological polar surface area (TPSA) is 99.5 Å². The number of hydrogen-bond acceptors (Lipinski definition) is 6. The predicted octanol–water partition coefficient (Wildman–Crippen LogP) is 2.54. The van der Waals surface area contributed by atoms with Crippen LogP contribution in [-0.4, -0.2) is 91.0 Å². The molecule has 0 bridgehead atoms. The zero-order chi connectivity index (χ0) is 23.2. The number of carbonyl (C=O) groups is 2. The Bertz CT molecular complexity index is 810. The molecule has 2 aromatic carbocycles. The van der Waals surface area contributed by atoms with Crippen molar-refractivity contribution in [3.8, 4) is 16.9 Å². The van der Waals surface area contributed by atoms with Gasteiger partial charge in [-0.1, -0.05) is 55.5 Å². The first-order valence-electron chi connectivity index (χ1n) is 10.8. The first-order valence-corrected chi connectivity index (χ1v) is 10.8. The summed E-state index contributed by atoms with van der Waals surface area (Å²) in [6.07, 6.45) is 0. The SMILES string of the molecule is CCN1CCN(CCOCCOc2ccccc2-c2ccccc2)CC1.O=C(O)C(=O)O. The Kier molecular flexibility index (Phi) is 11.2. The number of hydrogen-bond donors (Lipinski definition) is 2. The molecule has 1 saturated heterocycles. The van der Waals surface area contributed by atoms with Crippen molar-refractivity contribution in [2.75, 3.05) is 59.1 Å². The van der Waals surface area contributed by atoms with Crippen molar-refractivity contribution in [2.24, 2.45) is 0 Å². The van der Waals surface area contributed by atoms with Gasteiger partial charge in [0.25, 0.3) is 0 Å². The molecule has 2 N–H and O–H groups in total. The fourth-order valence-electron chi connectivity index (χ4n) is 3.28. The zero-order valence-electron chi connectivity index (χ0n) is 18.5. The van der Waals surface area contributed by atoms with Crippen LogP contribution in [0, 0.1) is 0 Å². The summed E-state index contributed by atoms with van der Waals surface area (Å²) in [4.78, 5) is 23.2. The highest BCUT2D eigenvalue weighted by Crippen LogP contribution is 2.29. The van der Waals surface area contributed by atoms with E-state index in [1.54, 1.807) is 0 Å². The Morgan fingerprint density at radius 1 is 0.812 bits per heavy atom. The molecule has 0 aromatic heterocycles. The van der Waals surface area contributed by atoms with Crippen molar-refractivity contribution in [2.45, 2.75) is 6.92 Å². The zero-order valence-corrected chi connectivity index (χ0v) is 18.5. The number of ether oxygens (including phenoxy) is 2. The van der Waals surface area contributed by atoms with Crippen LogP contribution in [0.1, 0.15) is 6.92 Å².